The number of hydrogen-bond donors (Lipinski definition) is 3. The molecule has 0 atom stereocenters. The second-order valence-corrected chi connectivity index (χ2v) is 9.05. The molecule has 1 heterocycles. The number of nitrogens with zero attached hydrogens (tertiary/aromatic N) is 1. The SMILES string of the molecule is Cc1nc(-c2cccc(NC(=O)CNc3ccccc3C(=O)NC(C)(C)C)c2)cs1. The highest BCUT2D eigenvalue weighted by atomic mass is 32.1. The first kappa shape index (κ1) is 21.5. The lowest BCUT2D eigenvalue weighted by Crippen LogP contribution is -2.40. The van der Waals surface area contributed by atoms with E-state index in [0.29, 0.717) is 16.9 Å². The number of amides is 2. The molecule has 3 N–H and O–H groups in total. The van der Waals surface area contributed by atoms with Crippen molar-refractivity contribution in [3.8, 4) is 11.3 Å². The fraction of sp³-hybridized carbons (Fsp3) is 0.261. The molecule has 0 fully saturated rings. The molecule has 0 aliphatic carbocycles. The smallest absolute Gasteiger partial charge is 0.253 e. The van der Waals surface area contributed by atoms with E-state index in [-0.39, 0.29) is 23.9 Å². The van der Waals surface area contributed by atoms with Crippen LogP contribution in [0.2, 0.25) is 0 Å². The zero-order chi connectivity index (χ0) is 21.7. The quantitative estimate of drug-likeness (QED) is 0.538. The maximum atomic E-state index is 12.5. The summed E-state index contributed by atoms with van der Waals surface area (Å²) in [6, 6.07) is 14.7. The van der Waals surface area contributed by atoms with Crippen molar-refractivity contribution in [1.29, 1.82) is 0 Å². The van der Waals surface area contributed by atoms with Crippen LogP contribution < -0.4 is 16.0 Å². The monoisotopic (exact) mass is 422 g/mol. The van der Waals surface area contributed by atoms with Crippen molar-refractivity contribution in [3.63, 3.8) is 0 Å². The minimum absolute atomic E-state index is 0.0415. The molecule has 0 aliphatic rings. The first-order chi connectivity index (χ1) is 14.2. The summed E-state index contributed by atoms with van der Waals surface area (Å²) in [6.07, 6.45) is 0. The predicted molar refractivity (Wildman–Crippen MR) is 123 cm³/mol. The van der Waals surface area contributed by atoms with Crippen LogP contribution in [-0.4, -0.2) is 28.9 Å². The maximum absolute atomic E-state index is 12.5. The molecule has 0 saturated carbocycles. The van der Waals surface area contributed by atoms with Gasteiger partial charge in [0.1, 0.15) is 0 Å². The summed E-state index contributed by atoms with van der Waals surface area (Å²) < 4.78 is 0. The molecule has 156 valence electrons. The Hall–Kier alpha value is -3.19. The van der Waals surface area contributed by atoms with Gasteiger partial charge in [-0.25, -0.2) is 4.98 Å². The van der Waals surface area contributed by atoms with Gasteiger partial charge in [0.25, 0.3) is 5.91 Å². The van der Waals surface area contributed by atoms with E-state index < -0.39 is 0 Å². The largest absolute Gasteiger partial charge is 0.376 e. The van der Waals surface area contributed by atoms with Crippen LogP contribution >= 0.6 is 11.3 Å². The van der Waals surface area contributed by atoms with E-state index in [4.69, 9.17) is 0 Å². The number of carbonyl (C=O) groups excluding carboxylic acids is 2. The van der Waals surface area contributed by atoms with Crippen LogP contribution in [0.3, 0.4) is 0 Å². The van der Waals surface area contributed by atoms with Gasteiger partial charge in [-0.05, 0) is 52.0 Å². The zero-order valence-electron chi connectivity index (χ0n) is 17.6. The molecule has 6 nitrogen and oxygen atoms in total. The number of hydrogen-bond acceptors (Lipinski definition) is 5. The number of rotatable bonds is 6. The van der Waals surface area contributed by atoms with Crippen LogP contribution in [0.25, 0.3) is 11.3 Å². The lowest BCUT2D eigenvalue weighted by atomic mass is 10.1. The van der Waals surface area contributed by atoms with Crippen molar-refractivity contribution >= 4 is 34.5 Å². The van der Waals surface area contributed by atoms with Crippen LogP contribution in [0.1, 0.15) is 36.1 Å². The van der Waals surface area contributed by atoms with Gasteiger partial charge in [-0.1, -0.05) is 24.3 Å². The Labute approximate surface area is 180 Å². The van der Waals surface area contributed by atoms with Crippen LogP contribution in [-0.2, 0) is 4.79 Å². The standard InChI is InChI=1S/C23H26N4O2S/c1-15-25-20(14-30-15)16-8-7-9-17(12-16)26-21(28)13-24-19-11-6-5-10-18(19)22(29)27-23(2,3)4/h5-12,14,24H,13H2,1-4H3,(H,26,28)(H,27,29). The molecular formula is C23H26N4O2S. The number of anilines is 2. The molecule has 0 spiro atoms. The zero-order valence-corrected chi connectivity index (χ0v) is 18.4. The van der Waals surface area contributed by atoms with E-state index in [9.17, 15) is 9.59 Å². The minimum Gasteiger partial charge on any atom is -0.376 e. The van der Waals surface area contributed by atoms with Gasteiger partial charge in [-0.3, -0.25) is 9.59 Å². The van der Waals surface area contributed by atoms with E-state index in [1.165, 1.54) is 0 Å². The van der Waals surface area contributed by atoms with Gasteiger partial charge < -0.3 is 16.0 Å². The molecule has 0 unspecified atom stereocenters. The summed E-state index contributed by atoms with van der Waals surface area (Å²) in [7, 11) is 0. The Morgan fingerprint density at radius 2 is 1.83 bits per heavy atom. The number of benzene rings is 2. The van der Waals surface area contributed by atoms with Crippen LogP contribution in [0, 0.1) is 6.92 Å². The minimum atomic E-state index is -0.345. The molecule has 2 aromatic carbocycles. The Morgan fingerprint density at radius 1 is 1.07 bits per heavy atom. The van der Waals surface area contributed by atoms with Gasteiger partial charge in [0.2, 0.25) is 5.91 Å². The van der Waals surface area contributed by atoms with E-state index >= 15 is 0 Å². The third-order valence-electron chi connectivity index (χ3n) is 4.16. The molecule has 0 radical (unpaired) electrons. The number of carbonyl (C=O) groups is 2. The highest BCUT2D eigenvalue weighted by Gasteiger charge is 2.18. The summed E-state index contributed by atoms with van der Waals surface area (Å²) in [5, 5.41) is 11.9. The molecule has 0 bridgehead atoms. The lowest BCUT2D eigenvalue weighted by molar-refractivity contribution is -0.114. The van der Waals surface area contributed by atoms with Crippen LogP contribution in [0.15, 0.2) is 53.9 Å². The van der Waals surface area contributed by atoms with Crippen LogP contribution in [0.5, 0.6) is 0 Å². The topological polar surface area (TPSA) is 83.1 Å². The number of thiazole rings is 1. The molecule has 0 aliphatic heterocycles. The number of nitrogens with one attached hydrogen (secondary N) is 3. The van der Waals surface area contributed by atoms with E-state index in [1.807, 2.05) is 63.4 Å². The summed E-state index contributed by atoms with van der Waals surface area (Å²) in [5.74, 6) is -0.384. The van der Waals surface area contributed by atoms with Gasteiger partial charge >= 0.3 is 0 Å². The first-order valence-electron chi connectivity index (χ1n) is 9.69. The molecule has 2 amide bonds. The number of para-hydroxylation sites is 1. The van der Waals surface area contributed by atoms with Crippen molar-refractivity contribution in [1.82, 2.24) is 10.3 Å². The Bertz CT molecular complexity index is 1050. The Morgan fingerprint density at radius 3 is 2.53 bits per heavy atom. The second-order valence-electron chi connectivity index (χ2n) is 7.98. The molecular weight excluding hydrogens is 396 g/mol. The highest BCUT2D eigenvalue weighted by molar-refractivity contribution is 7.09. The number of aromatic nitrogens is 1. The molecule has 1 aromatic heterocycles. The van der Waals surface area contributed by atoms with Crippen molar-refractivity contribution in [3.05, 3.63) is 64.5 Å². The van der Waals surface area contributed by atoms with E-state index in [1.54, 1.807) is 29.5 Å². The van der Waals surface area contributed by atoms with Crippen molar-refractivity contribution < 1.29 is 9.59 Å². The molecule has 0 saturated heterocycles. The van der Waals surface area contributed by atoms with Crippen molar-refractivity contribution in [2.45, 2.75) is 33.2 Å². The van der Waals surface area contributed by atoms with Gasteiger partial charge in [0.05, 0.1) is 22.8 Å². The van der Waals surface area contributed by atoms with Gasteiger partial charge in [0.15, 0.2) is 0 Å². The summed E-state index contributed by atoms with van der Waals surface area (Å²) in [6.45, 7) is 7.78. The highest BCUT2D eigenvalue weighted by Crippen LogP contribution is 2.24. The first-order valence-corrected chi connectivity index (χ1v) is 10.6. The maximum Gasteiger partial charge on any atom is 0.253 e. The summed E-state index contributed by atoms with van der Waals surface area (Å²) in [5.41, 5.74) is 3.31. The molecule has 3 aromatic rings. The van der Waals surface area contributed by atoms with Gasteiger partial charge in [-0.15, -0.1) is 11.3 Å². The van der Waals surface area contributed by atoms with Gasteiger partial charge in [0, 0.05) is 27.9 Å². The molecule has 7 heteroatoms. The number of aryl methyl sites for hydroxylation is 1. The lowest BCUT2D eigenvalue weighted by Gasteiger charge is -2.21. The van der Waals surface area contributed by atoms with Gasteiger partial charge in [-0.2, -0.15) is 0 Å². The third kappa shape index (κ3) is 5.90. The van der Waals surface area contributed by atoms with E-state index in [2.05, 4.69) is 20.9 Å². The fourth-order valence-electron chi connectivity index (χ4n) is 2.88. The second kappa shape index (κ2) is 9.09. The molecule has 3 rings (SSSR count). The summed E-state index contributed by atoms with van der Waals surface area (Å²) in [4.78, 5) is 29.5. The van der Waals surface area contributed by atoms with Crippen LogP contribution in [0.4, 0.5) is 11.4 Å². The Balaban J connectivity index is 1.64. The summed E-state index contributed by atoms with van der Waals surface area (Å²) >= 11 is 1.59. The fourth-order valence-corrected chi connectivity index (χ4v) is 3.50. The van der Waals surface area contributed by atoms with Crippen molar-refractivity contribution in [2.75, 3.05) is 17.2 Å². The average molecular weight is 423 g/mol. The average Bonchev–Trinajstić information content (AvgIpc) is 3.12. The van der Waals surface area contributed by atoms with Crippen molar-refractivity contribution in [2.24, 2.45) is 0 Å². The molecule has 30 heavy (non-hydrogen) atoms. The Kier molecular flexibility index (Phi) is 6.52. The third-order valence-corrected chi connectivity index (χ3v) is 4.93. The van der Waals surface area contributed by atoms with E-state index in [0.717, 1.165) is 16.3 Å². The normalized spacial score (nSPS) is 11.1. The predicted octanol–water partition coefficient (Wildman–Crippen LogP) is 4.70.